The molecule has 0 aromatic rings. The van der Waals surface area contributed by atoms with Crippen LogP contribution in [0.4, 0.5) is 0 Å². The van der Waals surface area contributed by atoms with Gasteiger partial charge in [-0.25, -0.2) is 0 Å². The van der Waals surface area contributed by atoms with Gasteiger partial charge in [-0.1, -0.05) is 13.8 Å². The Morgan fingerprint density at radius 3 is 2.06 bits per heavy atom. The van der Waals surface area contributed by atoms with Crippen LogP contribution in [0.3, 0.4) is 0 Å². The van der Waals surface area contributed by atoms with Crippen molar-refractivity contribution in [2.75, 3.05) is 7.05 Å². The van der Waals surface area contributed by atoms with E-state index >= 15 is 0 Å². The van der Waals surface area contributed by atoms with Crippen molar-refractivity contribution in [1.29, 1.82) is 0 Å². The molecule has 0 bridgehead atoms. The molecule has 1 heterocycles. The number of carbonyl (C=O) groups is 1. The van der Waals surface area contributed by atoms with Crippen LogP contribution in [0.1, 0.15) is 26.7 Å². The molecule has 3 nitrogen and oxygen atoms in total. The first kappa shape index (κ1) is 14.9. The van der Waals surface area contributed by atoms with Crippen molar-refractivity contribution in [3.8, 4) is 0 Å². The van der Waals surface area contributed by atoms with Crippen molar-refractivity contribution in [2.45, 2.75) is 36.3 Å². The second kappa shape index (κ2) is 5.21. The number of amides is 1. The summed E-state index contributed by atoms with van der Waals surface area (Å²) in [6, 6.07) is 0. The fourth-order valence-electron chi connectivity index (χ4n) is 2.22. The molecule has 0 aromatic heterocycles. The minimum atomic E-state index is -1.30. The molecule has 3 unspecified atom stereocenters. The first-order valence-electron chi connectivity index (χ1n) is 4.96. The molecule has 8 heteroatoms. The Labute approximate surface area is 112 Å². The smallest absolute Gasteiger partial charge is 0.419 e. The zero-order valence-electron chi connectivity index (χ0n) is 9.40. The van der Waals surface area contributed by atoms with Gasteiger partial charge in [0.15, 0.2) is 23.6 Å². The number of rotatable bonds is 4. The third-order valence-corrected chi connectivity index (χ3v) is 11.6. The average molecular weight is 315 g/mol. The van der Waals surface area contributed by atoms with E-state index in [4.69, 9.17) is 23.6 Å². The fraction of sp³-hybridized carbons (Fsp3) is 0.875. The second-order valence-electron chi connectivity index (χ2n) is 3.71. The summed E-state index contributed by atoms with van der Waals surface area (Å²) in [6.45, 7) is 3.93. The summed E-state index contributed by atoms with van der Waals surface area (Å²) in [5.41, 5.74) is 0. The Kier molecular flexibility index (Phi) is 4.85. The van der Waals surface area contributed by atoms with Crippen LogP contribution >= 0.6 is 14.7 Å². The summed E-state index contributed by atoms with van der Waals surface area (Å²) in [5.74, 6) is -0.115. The minimum Gasteiger partial charge on any atom is -0.592 e. The van der Waals surface area contributed by atoms with Crippen LogP contribution in [0.25, 0.3) is 0 Å². The first-order valence-corrected chi connectivity index (χ1v) is 10.3. The molecule has 1 rings (SSSR count). The van der Waals surface area contributed by atoms with Crippen molar-refractivity contribution in [3.63, 3.8) is 0 Å². The molecular weight excluding hydrogens is 300 g/mol. The van der Waals surface area contributed by atoms with E-state index in [1.807, 2.05) is 13.8 Å². The zero-order chi connectivity index (χ0) is 12.6. The third-order valence-electron chi connectivity index (χ3n) is 3.32. The SMILES string of the molecule is CCC1(CC)[S+]([O-])N(C)C(=O)C1([PH+]=S)[PH+]=S. The van der Waals surface area contributed by atoms with Gasteiger partial charge in [0.2, 0.25) is 19.5 Å². The van der Waals surface area contributed by atoms with Gasteiger partial charge in [-0.3, -0.25) is 4.79 Å². The maximum absolute atomic E-state index is 12.4. The van der Waals surface area contributed by atoms with E-state index in [-0.39, 0.29) is 20.6 Å². The maximum Gasteiger partial charge on any atom is 0.419 e. The molecular formula is C8H15NO2P2S3+2. The monoisotopic (exact) mass is 315 g/mol. The molecule has 0 N–H and O–H groups in total. The lowest BCUT2D eigenvalue weighted by Gasteiger charge is -2.26. The second-order valence-corrected chi connectivity index (χ2v) is 9.17. The lowest BCUT2D eigenvalue weighted by molar-refractivity contribution is -0.125. The largest absolute Gasteiger partial charge is 0.592 e. The third kappa shape index (κ3) is 1.62. The number of hydrogen-bond acceptors (Lipinski definition) is 4. The number of hydrogen-bond donors (Lipinski definition) is 0. The first-order chi connectivity index (χ1) is 7.47. The molecule has 1 fully saturated rings. The molecule has 1 aliphatic rings. The molecule has 3 atom stereocenters. The molecule has 0 aromatic carbocycles. The molecule has 90 valence electrons. The van der Waals surface area contributed by atoms with Crippen LogP contribution < -0.4 is 0 Å². The normalized spacial score (nSPS) is 33.9. The summed E-state index contributed by atoms with van der Waals surface area (Å²) in [7, 11) is 1.60. The van der Waals surface area contributed by atoms with Gasteiger partial charge in [-0.15, -0.1) is 0 Å². The Bertz CT molecular complexity index is 327. The maximum atomic E-state index is 12.4. The van der Waals surface area contributed by atoms with Gasteiger partial charge in [0.25, 0.3) is 0 Å². The highest BCUT2D eigenvalue weighted by atomic mass is 32.4. The number of nitrogens with zero attached hydrogens (tertiary/aromatic N) is 1. The van der Waals surface area contributed by atoms with Crippen molar-refractivity contribution in [3.05, 3.63) is 0 Å². The quantitative estimate of drug-likeness (QED) is 0.584. The molecule has 0 aliphatic carbocycles. The van der Waals surface area contributed by atoms with Gasteiger partial charge in [-0.2, -0.15) is 4.31 Å². The Morgan fingerprint density at radius 1 is 1.38 bits per heavy atom. The van der Waals surface area contributed by atoms with Crippen molar-refractivity contribution in [1.82, 2.24) is 4.31 Å². The van der Waals surface area contributed by atoms with Crippen LogP contribution in [-0.4, -0.2) is 31.5 Å². The standard InChI is InChI=1S/C8H13NO2P2S3/c1-4-7(5-2)8(12-14,13-15)6(10)9(3)16(7)11/h4-5H2,1-3H3/p+2. The van der Waals surface area contributed by atoms with Gasteiger partial charge in [0.1, 0.15) is 0 Å². The predicted molar refractivity (Wildman–Crippen MR) is 78.3 cm³/mol. The summed E-state index contributed by atoms with van der Waals surface area (Å²) in [4.78, 5) is 11.5. The highest BCUT2D eigenvalue weighted by molar-refractivity contribution is 8.08. The summed E-state index contributed by atoms with van der Waals surface area (Å²) in [6.07, 6.45) is 1.36. The molecule has 1 amide bonds. The zero-order valence-corrected chi connectivity index (χ0v) is 13.9. The summed E-state index contributed by atoms with van der Waals surface area (Å²) < 4.78 is 13.2. The van der Waals surface area contributed by atoms with Crippen molar-refractivity contribution in [2.24, 2.45) is 0 Å². The van der Waals surface area contributed by atoms with Gasteiger partial charge in [0.05, 0.1) is 18.4 Å². The van der Waals surface area contributed by atoms with E-state index in [0.717, 1.165) is 0 Å². The van der Waals surface area contributed by atoms with Crippen LogP contribution in [0.15, 0.2) is 0 Å². The topological polar surface area (TPSA) is 43.4 Å². The van der Waals surface area contributed by atoms with Crippen molar-refractivity contribution < 1.29 is 9.35 Å². The van der Waals surface area contributed by atoms with E-state index in [1.165, 1.54) is 4.31 Å². The van der Waals surface area contributed by atoms with Crippen LogP contribution in [0.2, 0.25) is 0 Å². The van der Waals surface area contributed by atoms with Gasteiger partial charge in [-0.05, 0) is 0 Å². The number of carbonyl (C=O) groups excluding carboxylic acids is 1. The lowest BCUT2D eigenvalue weighted by atomic mass is 9.96. The van der Waals surface area contributed by atoms with Crippen LogP contribution in [0.5, 0.6) is 0 Å². The minimum absolute atomic E-state index is 0.00623. The fourth-order valence-corrected chi connectivity index (χ4v) is 10.2. The van der Waals surface area contributed by atoms with Gasteiger partial charge in [0, 0.05) is 12.8 Å². The summed E-state index contributed by atoms with van der Waals surface area (Å²) >= 11 is 9.05. The van der Waals surface area contributed by atoms with E-state index in [0.29, 0.717) is 12.8 Å². The summed E-state index contributed by atoms with van der Waals surface area (Å²) in [5, 5.41) is 0. The Balaban J connectivity index is 3.47. The molecule has 1 aliphatic heterocycles. The Hall–Kier alpha value is 0.820. The molecule has 0 radical (unpaired) electrons. The molecule has 0 spiro atoms. The molecule has 16 heavy (non-hydrogen) atoms. The Morgan fingerprint density at radius 2 is 1.81 bits per heavy atom. The highest BCUT2D eigenvalue weighted by Gasteiger charge is 2.81. The van der Waals surface area contributed by atoms with Crippen molar-refractivity contribution >= 4 is 55.6 Å². The predicted octanol–water partition coefficient (Wildman–Crippen LogP) is 1.66. The van der Waals surface area contributed by atoms with Crippen LogP contribution in [0, 0.1) is 0 Å². The van der Waals surface area contributed by atoms with E-state index in [9.17, 15) is 9.35 Å². The van der Waals surface area contributed by atoms with E-state index in [2.05, 4.69) is 0 Å². The van der Waals surface area contributed by atoms with Gasteiger partial charge >= 0.3 is 10.8 Å². The van der Waals surface area contributed by atoms with Crippen LogP contribution in [-0.2, 0) is 39.8 Å². The van der Waals surface area contributed by atoms with E-state index < -0.39 is 21.0 Å². The van der Waals surface area contributed by atoms with E-state index in [1.54, 1.807) is 7.05 Å². The molecule has 1 saturated heterocycles. The lowest BCUT2D eigenvalue weighted by Crippen LogP contribution is -2.48. The van der Waals surface area contributed by atoms with Gasteiger partial charge < -0.3 is 4.55 Å². The highest BCUT2D eigenvalue weighted by Crippen LogP contribution is 2.58. The average Bonchev–Trinajstić information content (AvgIpc) is 2.48. The molecule has 0 saturated carbocycles.